The van der Waals surface area contributed by atoms with E-state index in [9.17, 15) is 13.2 Å². The number of hydrogen-bond acceptors (Lipinski definition) is 5. The second-order valence-electron chi connectivity index (χ2n) is 8.12. The fraction of sp³-hybridized carbons (Fsp3) is 0.333. The molecule has 2 heterocycles. The van der Waals surface area contributed by atoms with Crippen molar-refractivity contribution >= 4 is 26.8 Å². The summed E-state index contributed by atoms with van der Waals surface area (Å²) in [5.41, 5.74) is 2.33. The van der Waals surface area contributed by atoms with E-state index in [1.165, 1.54) is 0 Å². The number of carbonyl (C=O) groups is 1. The van der Waals surface area contributed by atoms with E-state index in [4.69, 9.17) is 4.74 Å². The van der Waals surface area contributed by atoms with Crippen LogP contribution in [0.5, 0.6) is 5.75 Å². The molecule has 0 aliphatic carbocycles. The Labute approximate surface area is 188 Å². The van der Waals surface area contributed by atoms with E-state index in [1.807, 2.05) is 43.3 Å². The molecule has 2 aromatic carbocycles. The van der Waals surface area contributed by atoms with Crippen LogP contribution in [0.2, 0.25) is 0 Å². The SMILES string of the molecule is Cc1ccc(C)c(S(=O)(=O)NCC(=O)N2CCC(Oc3cccc4cccnc34)CC2)c1. The number of likely N-dealkylation sites (tertiary alicyclic amines) is 1. The van der Waals surface area contributed by atoms with Crippen LogP contribution in [0.1, 0.15) is 24.0 Å². The molecule has 8 heteroatoms. The predicted molar refractivity (Wildman–Crippen MR) is 123 cm³/mol. The number of amides is 1. The summed E-state index contributed by atoms with van der Waals surface area (Å²) in [7, 11) is -3.75. The minimum atomic E-state index is -3.75. The zero-order valence-electron chi connectivity index (χ0n) is 18.2. The molecule has 7 nitrogen and oxygen atoms in total. The van der Waals surface area contributed by atoms with Gasteiger partial charge < -0.3 is 9.64 Å². The van der Waals surface area contributed by atoms with Gasteiger partial charge in [0, 0.05) is 37.5 Å². The van der Waals surface area contributed by atoms with Gasteiger partial charge >= 0.3 is 0 Å². The van der Waals surface area contributed by atoms with Crippen molar-refractivity contribution in [3.05, 3.63) is 65.9 Å². The van der Waals surface area contributed by atoms with Gasteiger partial charge in [-0.2, -0.15) is 0 Å². The number of pyridine rings is 1. The van der Waals surface area contributed by atoms with Gasteiger partial charge in [0.05, 0.1) is 11.4 Å². The summed E-state index contributed by atoms with van der Waals surface area (Å²) in [6.07, 6.45) is 3.09. The van der Waals surface area contributed by atoms with E-state index in [0.29, 0.717) is 31.5 Å². The molecule has 1 amide bonds. The van der Waals surface area contributed by atoms with Crippen LogP contribution in [0.3, 0.4) is 0 Å². The molecular weight excluding hydrogens is 426 g/mol. The molecule has 0 radical (unpaired) electrons. The number of piperidine rings is 1. The summed E-state index contributed by atoms with van der Waals surface area (Å²) in [4.78, 5) is 18.9. The van der Waals surface area contributed by atoms with Crippen LogP contribution in [0.4, 0.5) is 0 Å². The van der Waals surface area contributed by atoms with E-state index in [1.54, 1.807) is 30.2 Å². The van der Waals surface area contributed by atoms with Gasteiger partial charge in [-0.25, -0.2) is 13.1 Å². The highest BCUT2D eigenvalue weighted by molar-refractivity contribution is 7.89. The van der Waals surface area contributed by atoms with Gasteiger partial charge in [-0.15, -0.1) is 0 Å². The molecule has 1 saturated heterocycles. The number of sulfonamides is 1. The number of fused-ring (bicyclic) bond motifs is 1. The van der Waals surface area contributed by atoms with Crippen molar-refractivity contribution in [1.29, 1.82) is 0 Å². The van der Waals surface area contributed by atoms with Gasteiger partial charge in [-0.1, -0.05) is 30.3 Å². The highest BCUT2D eigenvalue weighted by Gasteiger charge is 2.26. The Morgan fingerprint density at radius 2 is 1.88 bits per heavy atom. The van der Waals surface area contributed by atoms with Gasteiger partial charge in [0.1, 0.15) is 17.4 Å². The third-order valence-corrected chi connectivity index (χ3v) is 7.27. The second kappa shape index (κ2) is 9.26. The Morgan fingerprint density at radius 1 is 1.12 bits per heavy atom. The predicted octanol–water partition coefficient (Wildman–Crippen LogP) is 3.20. The van der Waals surface area contributed by atoms with E-state index >= 15 is 0 Å². The van der Waals surface area contributed by atoms with Crippen molar-refractivity contribution in [2.24, 2.45) is 0 Å². The number of nitrogens with zero attached hydrogens (tertiary/aromatic N) is 2. The molecule has 1 aromatic heterocycles. The summed E-state index contributed by atoms with van der Waals surface area (Å²) in [6.45, 7) is 4.37. The number of aryl methyl sites for hydroxylation is 2. The van der Waals surface area contributed by atoms with Crippen molar-refractivity contribution in [3.8, 4) is 5.75 Å². The molecule has 0 saturated carbocycles. The van der Waals surface area contributed by atoms with Crippen LogP contribution in [0, 0.1) is 13.8 Å². The largest absolute Gasteiger partial charge is 0.488 e. The van der Waals surface area contributed by atoms with Gasteiger partial charge in [0.2, 0.25) is 15.9 Å². The smallest absolute Gasteiger partial charge is 0.241 e. The van der Waals surface area contributed by atoms with E-state index in [0.717, 1.165) is 22.2 Å². The van der Waals surface area contributed by atoms with Crippen LogP contribution < -0.4 is 9.46 Å². The van der Waals surface area contributed by atoms with Crippen LogP contribution >= 0.6 is 0 Å². The van der Waals surface area contributed by atoms with Crippen molar-refractivity contribution in [2.75, 3.05) is 19.6 Å². The Balaban J connectivity index is 1.32. The molecule has 1 aliphatic heterocycles. The lowest BCUT2D eigenvalue weighted by Gasteiger charge is -2.32. The first-order valence-corrected chi connectivity index (χ1v) is 12.2. The fourth-order valence-corrected chi connectivity index (χ4v) is 5.22. The molecule has 32 heavy (non-hydrogen) atoms. The van der Waals surface area contributed by atoms with E-state index in [2.05, 4.69) is 9.71 Å². The molecule has 0 bridgehead atoms. The van der Waals surface area contributed by atoms with Gasteiger partial charge in [0.25, 0.3) is 0 Å². The Kier molecular flexibility index (Phi) is 6.43. The quantitative estimate of drug-likeness (QED) is 0.619. The molecule has 0 atom stereocenters. The molecule has 168 valence electrons. The molecule has 4 rings (SSSR count). The molecule has 3 aromatic rings. The molecule has 1 N–H and O–H groups in total. The molecule has 1 fully saturated rings. The number of carbonyl (C=O) groups excluding carboxylic acids is 1. The summed E-state index contributed by atoms with van der Waals surface area (Å²) < 4.78 is 33.9. The lowest BCUT2D eigenvalue weighted by atomic mass is 10.1. The number of rotatable bonds is 6. The minimum Gasteiger partial charge on any atom is -0.488 e. The van der Waals surface area contributed by atoms with Crippen molar-refractivity contribution in [1.82, 2.24) is 14.6 Å². The number of para-hydroxylation sites is 1. The minimum absolute atomic E-state index is 0.0155. The Bertz CT molecular complexity index is 1230. The topological polar surface area (TPSA) is 88.6 Å². The molecule has 0 spiro atoms. The maximum Gasteiger partial charge on any atom is 0.241 e. The maximum absolute atomic E-state index is 12.6. The first kappa shape index (κ1) is 22.2. The standard InChI is InChI=1S/C24H27N3O4S/c1-17-8-9-18(2)22(15-17)32(29,30)26-16-23(28)27-13-10-20(11-14-27)31-21-7-3-5-19-6-4-12-25-24(19)21/h3-9,12,15,20,26H,10-11,13-14,16H2,1-2H3. The normalized spacial score (nSPS) is 15.1. The van der Waals surface area contributed by atoms with Crippen LogP contribution in [-0.2, 0) is 14.8 Å². The monoisotopic (exact) mass is 453 g/mol. The van der Waals surface area contributed by atoms with Gasteiger partial charge in [-0.05, 0) is 43.2 Å². The van der Waals surface area contributed by atoms with E-state index in [-0.39, 0.29) is 23.5 Å². The molecular formula is C24H27N3O4S. The number of nitrogens with one attached hydrogen (secondary N) is 1. The van der Waals surface area contributed by atoms with Crippen molar-refractivity contribution < 1.29 is 17.9 Å². The molecule has 1 aliphatic rings. The maximum atomic E-state index is 12.6. The molecule has 0 unspecified atom stereocenters. The highest BCUT2D eigenvalue weighted by Crippen LogP contribution is 2.26. The number of benzene rings is 2. The average molecular weight is 454 g/mol. The summed E-state index contributed by atoms with van der Waals surface area (Å²) in [6, 6.07) is 15.0. The summed E-state index contributed by atoms with van der Waals surface area (Å²) >= 11 is 0. The van der Waals surface area contributed by atoms with Crippen LogP contribution in [-0.4, -0.2) is 49.9 Å². The third kappa shape index (κ3) is 4.92. The van der Waals surface area contributed by atoms with Crippen molar-refractivity contribution in [3.63, 3.8) is 0 Å². The van der Waals surface area contributed by atoms with Crippen LogP contribution in [0.15, 0.2) is 59.6 Å². The van der Waals surface area contributed by atoms with Crippen LogP contribution in [0.25, 0.3) is 10.9 Å². The second-order valence-corrected chi connectivity index (χ2v) is 9.86. The first-order valence-electron chi connectivity index (χ1n) is 10.7. The zero-order chi connectivity index (χ0) is 22.7. The lowest BCUT2D eigenvalue weighted by Crippen LogP contribution is -2.46. The highest BCUT2D eigenvalue weighted by atomic mass is 32.2. The number of hydrogen-bond donors (Lipinski definition) is 1. The summed E-state index contributed by atoms with van der Waals surface area (Å²) in [5.74, 6) is 0.512. The third-order valence-electron chi connectivity index (χ3n) is 5.73. The average Bonchev–Trinajstić information content (AvgIpc) is 2.80. The Hall–Kier alpha value is -2.97. The Morgan fingerprint density at radius 3 is 2.66 bits per heavy atom. The van der Waals surface area contributed by atoms with Gasteiger partial charge in [0.15, 0.2) is 0 Å². The fourth-order valence-electron chi connectivity index (χ4n) is 3.92. The zero-order valence-corrected chi connectivity index (χ0v) is 19.1. The van der Waals surface area contributed by atoms with Crippen molar-refractivity contribution in [2.45, 2.75) is 37.7 Å². The summed E-state index contributed by atoms with van der Waals surface area (Å²) in [5, 5.41) is 1.02. The van der Waals surface area contributed by atoms with Gasteiger partial charge in [-0.3, -0.25) is 9.78 Å². The number of aromatic nitrogens is 1. The number of ether oxygens (including phenoxy) is 1. The lowest BCUT2D eigenvalue weighted by molar-refractivity contribution is -0.131. The van der Waals surface area contributed by atoms with E-state index < -0.39 is 10.0 Å². The first-order chi connectivity index (χ1) is 15.3.